The van der Waals surface area contributed by atoms with E-state index in [0.717, 1.165) is 0 Å². The summed E-state index contributed by atoms with van der Waals surface area (Å²) in [7, 11) is 0. The van der Waals surface area contributed by atoms with Crippen molar-refractivity contribution in [3.63, 3.8) is 0 Å². The van der Waals surface area contributed by atoms with Crippen LogP contribution >= 0.6 is 11.8 Å². The molecule has 0 aliphatic rings. The van der Waals surface area contributed by atoms with Gasteiger partial charge in [0.15, 0.2) is 0 Å². The molecule has 3 unspecified atom stereocenters. The van der Waals surface area contributed by atoms with Crippen molar-refractivity contribution in [2.24, 2.45) is 0 Å². The molecule has 0 saturated carbocycles. The van der Waals surface area contributed by atoms with Crippen molar-refractivity contribution < 1.29 is 68.7 Å². The van der Waals surface area contributed by atoms with Crippen molar-refractivity contribution in [1.29, 1.82) is 0 Å². The van der Waals surface area contributed by atoms with Gasteiger partial charge in [-0.3, -0.25) is 0 Å². The first-order valence-corrected chi connectivity index (χ1v) is 12.4. The number of rotatable bonds is 24. The molecule has 41 heavy (non-hydrogen) atoms. The zero-order valence-corrected chi connectivity index (χ0v) is 21.9. The molecule has 23 nitrogen and oxygen atoms in total. The van der Waals surface area contributed by atoms with Gasteiger partial charge in [0.25, 0.3) is 20.3 Å². The van der Waals surface area contributed by atoms with Crippen molar-refractivity contribution in [3.8, 4) is 0 Å². The van der Waals surface area contributed by atoms with Gasteiger partial charge < -0.3 is 39.2 Å². The third-order valence-corrected chi connectivity index (χ3v) is 5.31. The lowest BCUT2D eigenvalue weighted by Crippen LogP contribution is -2.43. The minimum Gasteiger partial charge on any atom is -0.480 e. The van der Waals surface area contributed by atoms with Crippen molar-refractivity contribution in [3.05, 3.63) is 40.5 Å². The Morgan fingerprint density at radius 3 is 1.61 bits per heavy atom. The number of hydrogen-bond donors (Lipinski definition) is 2. The van der Waals surface area contributed by atoms with E-state index in [0.29, 0.717) is 11.8 Å². The maximum absolute atomic E-state index is 11.8. The van der Waals surface area contributed by atoms with E-state index in [9.17, 15) is 59.9 Å². The molecule has 0 aromatic carbocycles. The molecule has 2 N–H and O–H groups in total. The van der Waals surface area contributed by atoms with Gasteiger partial charge in [0.05, 0.1) is 13.2 Å². The third kappa shape index (κ3) is 21.9. The Balaban J connectivity index is 4.27. The fraction of sp³-hybridized carbons (Fsp3) is 0.824. The van der Waals surface area contributed by atoms with Crippen molar-refractivity contribution in [1.82, 2.24) is 5.32 Å². The van der Waals surface area contributed by atoms with Gasteiger partial charge in [0, 0.05) is 5.75 Å². The quantitative estimate of drug-likeness (QED) is 0.0655. The SMILES string of the molecule is O=C(NC(CSC(=O)OCCCCC(CO[N+](=O)[O-])O[N+](=O)[O-])C(=O)O)OCCCCC(CO[N+](=O)[O-])O[N+](=O)[O-]. The van der Waals surface area contributed by atoms with Crippen LogP contribution in [-0.4, -0.2) is 93.2 Å². The number of thioether (sulfide) groups is 1. The van der Waals surface area contributed by atoms with E-state index >= 15 is 0 Å². The Morgan fingerprint density at radius 2 is 1.20 bits per heavy atom. The summed E-state index contributed by atoms with van der Waals surface area (Å²) in [6.45, 7) is -1.75. The number of nitrogens with one attached hydrogen (secondary N) is 1. The minimum atomic E-state index is -1.54. The van der Waals surface area contributed by atoms with Crippen LogP contribution in [0.15, 0.2) is 0 Å². The number of ether oxygens (including phenoxy) is 2. The van der Waals surface area contributed by atoms with Gasteiger partial charge in [-0.15, -0.1) is 40.5 Å². The number of carbonyl (C=O) groups excluding carboxylic acids is 2. The largest absolute Gasteiger partial charge is 0.480 e. The standard InChI is InChI=1S/C17H27N5O18S/c23-15(24)14(18-16(25)35-7-3-1-5-12(39-21(31)32)9-37-19(27)28)11-41-17(26)36-8-4-2-6-13(40-22(33)34)10-38-20(29)30/h12-14H,1-11H2,(H,18,25)(H,23,24). The average molecular weight is 621 g/mol. The maximum atomic E-state index is 11.8. The summed E-state index contributed by atoms with van der Waals surface area (Å²) in [5, 5.41) is 47.1. The molecule has 0 saturated heterocycles. The van der Waals surface area contributed by atoms with Crippen LogP contribution in [0.5, 0.6) is 0 Å². The molecule has 0 bridgehead atoms. The van der Waals surface area contributed by atoms with Gasteiger partial charge in [-0.25, -0.2) is 14.4 Å². The molecule has 0 heterocycles. The highest BCUT2D eigenvalue weighted by Gasteiger charge is 2.23. The van der Waals surface area contributed by atoms with Crippen LogP contribution in [-0.2, 0) is 33.6 Å². The fourth-order valence-electron chi connectivity index (χ4n) is 2.68. The van der Waals surface area contributed by atoms with Gasteiger partial charge in [-0.1, -0.05) is 0 Å². The molecule has 0 spiro atoms. The average Bonchev–Trinajstić information content (AvgIpc) is 2.86. The van der Waals surface area contributed by atoms with E-state index in [1.54, 1.807) is 0 Å². The molecule has 0 fully saturated rings. The molecule has 24 heteroatoms. The monoisotopic (exact) mass is 621 g/mol. The van der Waals surface area contributed by atoms with Gasteiger partial charge in [-0.2, -0.15) is 0 Å². The Bertz CT molecular complexity index is 894. The number of amides is 1. The van der Waals surface area contributed by atoms with E-state index in [1.807, 2.05) is 5.32 Å². The summed E-state index contributed by atoms with van der Waals surface area (Å²) in [6.07, 6.45) is -2.92. The Kier molecular flexibility index (Phi) is 18.8. The van der Waals surface area contributed by atoms with Gasteiger partial charge in [0.2, 0.25) is 0 Å². The molecule has 0 aliphatic heterocycles. The number of carboxylic acids is 1. The maximum Gasteiger partial charge on any atom is 0.407 e. The Hall–Kier alpha value is -4.64. The predicted molar refractivity (Wildman–Crippen MR) is 127 cm³/mol. The molecule has 0 aliphatic carbocycles. The van der Waals surface area contributed by atoms with Crippen LogP contribution in [0.2, 0.25) is 0 Å². The first-order valence-electron chi connectivity index (χ1n) is 11.4. The van der Waals surface area contributed by atoms with Crippen LogP contribution in [0.4, 0.5) is 9.59 Å². The lowest BCUT2D eigenvalue weighted by atomic mass is 10.2. The highest BCUT2D eigenvalue weighted by atomic mass is 32.2. The molecule has 0 aromatic heterocycles. The predicted octanol–water partition coefficient (Wildman–Crippen LogP) is 0.947. The summed E-state index contributed by atoms with van der Waals surface area (Å²) in [4.78, 5) is 92.8. The number of aliphatic carboxylic acids is 1. The van der Waals surface area contributed by atoms with E-state index < -0.39 is 74.9 Å². The Labute approximate surface area is 233 Å². The van der Waals surface area contributed by atoms with Crippen LogP contribution < -0.4 is 5.32 Å². The van der Waals surface area contributed by atoms with E-state index in [-0.39, 0.29) is 51.7 Å². The number of hydrogen-bond acceptors (Lipinski definition) is 18. The summed E-state index contributed by atoms with van der Waals surface area (Å²) in [6, 6.07) is -1.54. The molecule has 1 amide bonds. The van der Waals surface area contributed by atoms with E-state index in [2.05, 4.69) is 19.4 Å². The van der Waals surface area contributed by atoms with E-state index in [1.165, 1.54) is 0 Å². The fourth-order valence-corrected chi connectivity index (χ4v) is 3.38. The summed E-state index contributed by atoms with van der Waals surface area (Å²) in [5.74, 6) is -1.92. The molecule has 3 atom stereocenters. The molecule has 0 radical (unpaired) electrons. The third-order valence-electron chi connectivity index (χ3n) is 4.45. The van der Waals surface area contributed by atoms with Crippen molar-refractivity contribution >= 4 is 29.1 Å². The lowest BCUT2D eigenvalue weighted by molar-refractivity contribution is -0.790. The molecule has 0 rings (SSSR count). The zero-order valence-electron chi connectivity index (χ0n) is 21.1. The summed E-state index contributed by atoms with van der Waals surface area (Å²) in [5.41, 5.74) is 0. The Morgan fingerprint density at radius 1 is 0.732 bits per heavy atom. The number of unbranched alkanes of at least 4 members (excludes halogenated alkanes) is 2. The number of alkyl carbamates (subject to hydrolysis) is 1. The second kappa shape index (κ2) is 21.2. The second-order valence-electron chi connectivity index (χ2n) is 7.51. The van der Waals surface area contributed by atoms with Crippen molar-refractivity contribution in [2.45, 2.75) is 56.8 Å². The van der Waals surface area contributed by atoms with Crippen LogP contribution in [0.25, 0.3) is 0 Å². The highest BCUT2D eigenvalue weighted by molar-refractivity contribution is 8.13. The number of carbonyl (C=O) groups is 3. The van der Waals surface area contributed by atoms with Crippen LogP contribution in [0.1, 0.15) is 38.5 Å². The smallest absolute Gasteiger partial charge is 0.407 e. The highest BCUT2D eigenvalue weighted by Crippen LogP contribution is 2.11. The normalized spacial score (nSPS) is 12.5. The van der Waals surface area contributed by atoms with Gasteiger partial charge in [-0.05, 0) is 50.3 Å². The summed E-state index contributed by atoms with van der Waals surface area (Å²) >= 11 is 0.436. The topological polar surface area (TPSA) is 311 Å². The molecular formula is C17H27N5O18S. The number of nitrogens with zero attached hydrogens (tertiary/aromatic N) is 4. The molecule has 0 aromatic rings. The zero-order chi connectivity index (χ0) is 31.2. The number of carboxylic acid groups (broad SMARTS) is 1. The van der Waals surface area contributed by atoms with Gasteiger partial charge in [0.1, 0.15) is 31.5 Å². The minimum absolute atomic E-state index is 0.0180. The van der Waals surface area contributed by atoms with Crippen LogP contribution in [0.3, 0.4) is 0 Å². The second-order valence-corrected chi connectivity index (χ2v) is 8.47. The molecular weight excluding hydrogens is 594 g/mol. The first kappa shape index (κ1) is 36.4. The van der Waals surface area contributed by atoms with Crippen LogP contribution in [0, 0.1) is 40.5 Å². The molecule has 234 valence electrons. The first-order chi connectivity index (χ1) is 19.3. The van der Waals surface area contributed by atoms with Crippen molar-refractivity contribution in [2.75, 3.05) is 32.2 Å². The summed E-state index contributed by atoms with van der Waals surface area (Å²) < 4.78 is 9.68. The lowest BCUT2D eigenvalue weighted by Gasteiger charge is -2.15. The van der Waals surface area contributed by atoms with E-state index in [4.69, 9.17) is 9.47 Å². The van der Waals surface area contributed by atoms with Gasteiger partial charge >= 0.3 is 17.4 Å².